The number of aromatic nitrogens is 3. The monoisotopic (exact) mass is 433 g/mol. The second-order valence-electron chi connectivity index (χ2n) is 6.13. The maximum absolute atomic E-state index is 12.2. The molecule has 0 saturated carbocycles. The van der Waals surface area contributed by atoms with E-state index in [1.54, 1.807) is 36.9 Å². The molecule has 0 aliphatic rings. The Bertz CT molecular complexity index is 1120. The normalized spacial score (nSPS) is 10.6. The lowest BCUT2D eigenvalue weighted by Gasteiger charge is -2.10. The van der Waals surface area contributed by atoms with Crippen LogP contribution in [0.25, 0.3) is 11.0 Å². The van der Waals surface area contributed by atoms with Crippen LogP contribution in [0.15, 0.2) is 77.8 Å². The van der Waals surface area contributed by atoms with Crippen LogP contribution in [0.5, 0.6) is 0 Å². The van der Waals surface area contributed by atoms with E-state index >= 15 is 0 Å². The van der Waals surface area contributed by atoms with Crippen molar-refractivity contribution in [3.63, 3.8) is 0 Å². The van der Waals surface area contributed by atoms with Crippen molar-refractivity contribution in [3.8, 4) is 0 Å². The van der Waals surface area contributed by atoms with Gasteiger partial charge in [-0.15, -0.1) is 0 Å². The van der Waals surface area contributed by atoms with Crippen LogP contribution >= 0.6 is 15.9 Å². The van der Waals surface area contributed by atoms with E-state index in [9.17, 15) is 4.79 Å². The molecule has 1 amide bonds. The van der Waals surface area contributed by atoms with Crippen LogP contribution in [0.2, 0.25) is 0 Å². The summed E-state index contributed by atoms with van der Waals surface area (Å²) in [5.74, 6) is -0.181. The zero-order valence-electron chi connectivity index (χ0n) is 14.8. The smallest absolute Gasteiger partial charge is 0.257 e. The van der Waals surface area contributed by atoms with E-state index in [0.717, 1.165) is 32.4 Å². The summed E-state index contributed by atoms with van der Waals surface area (Å²) >= 11 is 3.41. The van der Waals surface area contributed by atoms with Gasteiger partial charge in [0.2, 0.25) is 0 Å². The lowest BCUT2D eigenvalue weighted by molar-refractivity contribution is 0.102. The second kappa shape index (κ2) is 8.14. The van der Waals surface area contributed by atoms with Crippen molar-refractivity contribution < 1.29 is 4.79 Å². The molecule has 0 atom stereocenters. The Morgan fingerprint density at radius 2 is 1.86 bits per heavy atom. The third-order valence-electron chi connectivity index (χ3n) is 4.16. The fourth-order valence-corrected chi connectivity index (χ4v) is 3.07. The highest BCUT2D eigenvalue weighted by atomic mass is 79.9. The highest BCUT2D eigenvalue weighted by molar-refractivity contribution is 9.10. The van der Waals surface area contributed by atoms with Crippen LogP contribution in [-0.2, 0) is 6.54 Å². The molecule has 0 aliphatic heterocycles. The minimum Gasteiger partial charge on any atom is -0.379 e. The fraction of sp³-hybridized carbons (Fsp3) is 0.0476. The van der Waals surface area contributed by atoms with Gasteiger partial charge in [0.1, 0.15) is 5.52 Å². The van der Waals surface area contributed by atoms with Crippen molar-refractivity contribution in [1.82, 2.24) is 15.0 Å². The van der Waals surface area contributed by atoms with Crippen molar-refractivity contribution in [3.05, 3.63) is 88.9 Å². The van der Waals surface area contributed by atoms with E-state index in [2.05, 4.69) is 41.5 Å². The summed E-state index contributed by atoms with van der Waals surface area (Å²) in [7, 11) is 0. The molecule has 138 valence electrons. The standard InChI is InChI=1S/C21H16BrN5O/c22-16-10-19-20(26-13-16)18(7-9-24-19)25-11-14-3-5-17(6-4-14)27-21(28)15-2-1-8-23-12-15/h1-10,12-13H,11H2,(H,24,25)(H,27,28). The largest absolute Gasteiger partial charge is 0.379 e. The highest BCUT2D eigenvalue weighted by Gasteiger charge is 2.06. The van der Waals surface area contributed by atoms with Crippen LogP contribution in [-0.4, -0.2) is 20.9 Å². The molecular weight excluding hydrogens is 418 g/mol. The Morgan fingerprint density at radius 1 is 1.00 bits per heavy atom. The molecule has 4 aromatic rings. The molecule has 0 aliphatic carbocycles. The third-order valence-corrected chi connectivity index (χ3v) is 4.60. The average Bonchev–Trinajstić information content (AvgIpc) is 2.73. The Hall–Kier alpha value is -3.32. The number of nitrogens with one attached hydrogen (secondary N) is 2. The number of benzene rings is 1. The van der Waals surface area contributed by atoms with Gasteiger partial charge in [-0.1, -0.05) is 12.1 Å². The van der Waals surface area contributed by atoms with Gasteiger partial charge in [-0.3, -0.25) is 19.7 Å². The topological polar surface area (TPSA) is 79.8 Å². The van der Waals surface area contributed by atoms with Crippen molar-refractivity contribution >= 4 is 44.2 Å². The molecule has 6 nitrogen and oxygen atoms in total. The molecule has 0 radical (unpaired) electrons. The number of nitrogens with zero attached hydrogens (tertiary/aromatic N) is 3. The van der Waals surface area contributed by atoms with Crippen molar-refractivity contribution in [2.24, 2.45) is 0 Å². The van der Waals surface area contributed by atoms with E-state index < -0.39 is 0 Å². The summed E-state index contributed by atoms with van der Waals surface area (Å²) in [6.45, 7) is 0.633. The Kier molecular flexibility index (Phi) is 5.25. The van der Waals surface area contributed by atoms with Gasteiger partial charge in [0.05, 0.1) is 16.8 Å². The first-order valence-electron chi connectivity index (χ1n) is 8.63. The number of rotatable bonds is 5. The van der Waals surface area contributed by atoms with Crippen LogP contribution < -0.4 is 10.6 Å². The Balaban J connectivity index is 1.42. The van der Waals surface area contributed by atoms with Crippen LogP contribution in [0.1, 0.15) is 15.9 Å². The first-order chi connectivity index (χ1) is 13.7. The quantitative estimate of drug-likeness (QED) is 0.478. The number of anilines is 2. The molecule has 3 aromatic heterocycles. The minimum atomic E-state index is -0.181. The van der Waals surface area contributed by atoms with Crippen LogP contribution in [0.4, 0.5) is 11.4 Å². The minimum absolute atomic E-state index is 0.181. The van der Waals surface area contributed by atoms with Crippen molar-refractivity contribution in [1.29, 1.82) is 0 Å². The first-order valence-corrected chi connectivity index (χ1v) is 9.43. The molecule has 2 N–H and O–H groups in total. The van der Waals surface area contributed by atoms with Crippen LogP contribution in [0, 0.1) is 0 Å². The molecule has 0 saturated heterocycles. The molecule has 28 heavy (non-hydrogen) atoms. The number of carbonyl (C=O) groups excluding carboxylic acids is 1. The first kappa shape index (κ1) is 18.1. The molecule has 0 spiro atoms. The van der Waals surface area contributed by atoms with Gasteiger partial charge >= 0.3 is 0 Å². The number of hydrogen-bond donors (Lipinski definition) is 2. The van der Waals surface area contributed by atoms with Gasteiger partial charge in [-0.05, 0) is 57.9 Å². The number of halogens is 1. The summed E-state index contributed by atoms with van der Waals surface area (Å²) in [5.41, 5.74) is 4.92. The molecule has 3 heterocycles. The average molecular weight is 434 g/mol. The number of carbonyl (C=O) groups is 1. The maximum atomic E-state index is 12.2. The van der Waals surface area contributed by atoms with Crippen LogP contribution in [0.3, 0.4) is 0 Å². The summed E-state index contributed by atoms with van der Waals surface area (Å²) in [5, 5.41) is 6.26. The lowest BCUT2D eigenvalue weighted by Crippen LogP contribution is -2.12. The SMILES string of the molecule is O=C(Nc1ccc(CNc2ccnc3cc(Br)cnc23)cc1)c1cccnc1. The van der Waals surface area contributed by atoms with E-state index in [-0.39, 0.29) is 5.91 Å². The summed E-state index contributed by atoms with van der Waals surface area (Å²) < 4.78 is 0.897. The maximum Gasteiger partial charge on any atom is 0.257 e. The van der Waals surface area contributed by atoms with Crippen molar-refractivity contribution in [2.75, 3.05) is 10.6 Å². The summed E-state index contributed by atoms with van der Waals surface area (Å²) in [4.78, 5) is 24.9. The fourth-order valence-electron chi connectivity index (χ4n) is 2.75. The molecule has 0 unspecified atom stereocenters. The van der Waals surface area contributed by atoms with E-state index in [1.807, 2.05) is 36.4 Å². The van der Waals surface area contributed by atoms with Gasteiger partial charge < -0.3 is 10.6 Å². The Labute approximate surface area is 170 Å². The summed E-state index contributed by atoms with van der Waals surface area (Å²) in [6.07, 6.45) is 6.70. The third kappa shape index (κ3) is 4.15. The van der Waals surface area contributed by atoms with E-state index in [0.29, 0.717) is 12.1 Å². The lowest BCUT2D eigenvalue weighted by atomic mass is 10.2. The predicted molar refractivity (Wildman–Crippen MR) is 113 cm³/mol. The number of hydrogen-bond acceptors (Lipinski definition) is 5. The molecule has 7 heteroatoms. The molecular formula is C21H16BrN5O. The Morgan fingerprint density at radius 3 is 2.64 bits per heavy atom. The number of pyridine rings is 3. The zero-order chi connectivity index (χ0) is 19.3. The van der Waals surface area contributed by atoms with E-state index in [4.69, 9.17) is 0 Å². The predicted octanol–water partition coefficient (Wildman–Crippen LogP) is 4.65. The highest BCUT2D eigenvalue weighted by Crippen LogP contribution is 2.22. The zero-order valence-corrected chi connectivity index (χ0v) is 16.3. The van der Waals surface area contributed by atoms with Crippen molar-refractivity contribution in [2.45, 2.75) is 6.54 Å². The van der Waals surface area contributed by atoms with Gasteiger partial charge in [0, 0.05) is 41.5 Å². The van der Waals surface area contributed by atoms with Gasteiger partial charge in [0.25, 0.3) is 5.91 Å². The summed E-state index contributed by atoms with van der Waals surface area (Å²) in [6, 6.07) is 15.0. The molecule has 1 aromatic carbocycles. The molecule has 4 rings (SSSR count). The molecule has 0 fully saturated rings. The number of fused-ring (bicyclic) bond motifs is 1. The van der Waals surface area contributed by atoms with Gasteiger partial charge in [0.15, 0.2) is 0 Å². The number of amides is 1. The van der Waals surface area contributed by atoms with Gasteiger partial charge in [-0.25, -0.2) is 0 Å². The second-order valence-corrected chi connectivity index (χ2v) is 7.04. The van der Waals surface area contributed by atoms with E-state index in [1.165, 1.54) is 0 Å². The molecule has 0 bridgehead atoms. The van der Waals surface area contributed by atoms with Gasteiger partial charge in [-0.2, -0.15) is 0 Å².